The van der Waals surface area contributed by atoms with Crippen LogP contribution in [0.2, 0.25) is 0 Å². The highest BCUT2D eigenvalue weighted by Crippen LogP contribution is 2.00. The summed E-state index contributed by atoms with van der Waals surface area (Å²) >= 11 is 0. The molecule has 0 bridgehead atoms. The van der Waals surface area contributed by atoms with Crippen molar-refractivity contribution in [2.75, 3.05) is 0 Å². The van der Waals surface area contributed by atoms with E-state index in [0.717, 1.165) is 0 Å². The molecule has 0 aromatic carbocycles. The van der Waals surface area contributed by atoms with E-state index in [4.69, 9.17) is 0 Å². The molecule has 0 radical (unpaired) electrons. The SMILES string of the molecule is CC(C)=O.CCCCCCC.O. The maximum absolute atomic E-state index is 9.44. The molecule has 76 valence electrons. The maximum atomic E-state index is 9.44. The van der Waals surface area contributed by atoms with E-state index in [0.29, 0.717) is 0 Å². The summed E-state index contributed by atoms with van der Waals surface area (Å²) in [7, 11) is 0. The average Bonchev–Trinajstić information content (AvgIpc) is 1.88. The van der Waals surface area contributed by atoms with Crippen LogP contribution < -0.4 is 0 Å². The van der Waals surface area contributed by atoms with E-state index in [1.54, 1.807) is 0 Å². The first kappa shape index (κ1) is 17.6. The number of carbonyl (C=O) groups excluding carboxylic acids is 1. The summed E-state index contributed by atoms with van der Waals surface area (Å²) in [6.07, 6.45) is 7.01. The molecular formula is C10H24O2. The van der Waals surface area contributed by atoms with Crippen LogP contribution in [0.4, 0.5) is 0 Å². The van der Waals surface area contributed by atoms with E-state index in [1.165, 1.54) is 46.0 Å². The van der Waals surface area contributed by atoms with E-state index < -0.39 is 0 Å². The van der Waals surface area contributed by atoms with Gasteiger partial charge in [0, 0.05) is 0 Å². The lowest BCUT2D eigenvalue weighted by Gasteiger charge is -1.90. The fourth-order valence-corrected chi connectivity index (χ4v) is 0.677. The highest BCUT2D eigenvalue weighted by atomic mass is 16.1. The number of rotatable bonds is 4. The molecule has 0 atom stereocenters. The zero-order valence-corrected chi connectivity index (χ0v) is 8.94. The van der Waals surface area contributed by atoms with Crippen LogP contribution in [0.15, 0.2) is 0 Å². The van der Waals surface area contributed by atoms with E-state index in [1.807, 2.05) is 0 Å². The minimum absolute atomic E-state index is 0. The van der Waals surface area contributed by atoms with Crippen molar-refractivity contribution in [3.63, 3.8) is 0 Å². The Morgan fingerprint density at radius 1 is 0.917 bits per heavy atom. The smallest absolute Gasteiger partial charge is 0.126 e. The molecule has 2 nitrogen and oxygen atoms in total. The Morgan fingerprint density at radius 3 is 1.33 bits per heavy atom. The number of ketones is 1. The molecule has 0 heterocycles. The first-order chi connectivity index (χ1) is 5.15. The second-order valence-electron chi connectivity index (χ2n) is 2.97. The zero-order valence-electron chi connectivity index (χ0n) is 8.94. The Balaban J connectivity index is -0.000000142. The fourth-order valence-electron chi connectivity index (χ4n) is 0.677. The monoisotopic (exact) mass is 176 g/mol. The van der Waals surface area contributed by atoms with Gasteiger partial charge < -0.3 is 10.3 Å². The average molecular weight is 176 g/mol. The van der Waals surface area contributed by atoms with Crippen LogP contribution in [0.5, 0.6) is 0 Å². The summed E-state index contributed by atoms with van der Waals surface area (Å²) in [5.41, 5.74) is 0. The number of Topliss-reactive ketones (excluding diaryl/α,β-unsaturated/α-hetero) is 1. The van der Waals surface area contributed by atoms with Crippen LogP contribution >= 0.6 is 0 Å². The summed E-state index contributed by atoms with van der Waals surface area (Å²) in [5, 5.41) is 0. The molecule has 2 heteroatoms. The molecule has 12 heavy (non-hydrogen) atoms. The summed E-state index contributed by atoms with van der Waals surface area (Å²) in [4.78, 5) is 9.44. The van der Waals surface area contributed by atoms with Gasteiger partial charge in [-0.15, -0.1) is 0 Å². The largest absolute Gasteiger partial charge is 0.412 e. The van der Waals surface area contributed by atoms with E-state index >= 15 is 0 Å². The molecule has 0 aliphatic carbocycles. The normalized spacial score (nSPS) is 7.67. The topological polar surface area (TPSA) is 48.6 Å². The number of unbranched alkanes of at least 4 members (excludes halogenated alkanes) is 4. The van der Waals surface area contributed by atoms with Crippen LogP contribution in [-0.4, -0.2) is 11.3 Å². The molecule has 0 amide bonds. The fraction of sp³-hybridized carbons (Fsp3) is 0.900. The van der Waals surface area contributed by atoms with Crippen molar-refractivity contribution in [3.8, 4) is 0 Å². The van der Waals surface area contributed by atoms with Gasteiger partial charge in [0.1, 0.15) is 5.78 Å². The Kier molecular flexibility index (Phi) is 24.9. The number of hydrogen-bond donors (Lipinski definition) is 0. The van der Waals surface area contributed by atoms with E-state index in [9.17, 15) is 4.79 Å². The number of hydrogen-bond acceptors (Lipinski definition) is 1. The van der Waals surface area contributed by atoms with Crippen LogP contribution in [0.3, 0.4) is 0 Å². The van der Waals surface area contributed by atoms with Gasteiger partial charge in [0.15, 0.2) is 0 Å². The molecule has 0 spiro atoms. The molecule has 0 aromatic heterocycles. The van der Waals surface area contributed by atoms with Gasteiger partial charge in [-0.2, -0.15) is 0 Å². The molecule has 0 aromatic rings. The Bertz CT molecular complexity index is 71.9. The lowest BCUT2D eigenvalue weighted by atomic mass is 10.2. The van der Waals surface area contributed by atoms with Crippen molar-refractivity contribution in [3.05, 3.63) is 0 Å². The van der Waals surface area contributed by atoms with Crippen LogP contribution in [0.1, 0.15) is 59.8 Å². The van der Waals surface area contributed by atoms with Gasteiger partial charge in [0.25, 0.3) is 0 Å². The van der Waals surface area contributed by atoms with Crippen molar-refractivity contribution in [2.24, 2.45) is 0 Å². The van der Waals surface area contributed by atoms with Gasteiger partial charge >= 0.3 is 0 Å². The van der Waals surface area contributed by atoms with Gasteiger partial charge in [-0.05, 0) is 13.8 Å². The molecule has 0 rings (SSSR count). The van der Waals surface area contributed by atoms with Gasteiger partial charge in [0.2, 0.25) is 0 Å². The molecule has 0 aliphatic rings. The highest BCUT2D eigenvalue weighted by molar-refractivity contribution is 5.72. The molecule has 0 saturated heterocycles. The summed E-state index contributed by atoms with van der Waals surface area (Å²) in [5.74, 6) is 0.167. The predicted molar refractivity (Wildman–Crippen MR) is 54.4 cm³/mol. The third-order valence-electron chi connectivity index (χ3n) is 1.21. The first-order valence-electron chi connectivity index (χ1n) is 4.62. The van der Waals surface area contributed by atoms with Crippen LogP contribution in [0.25, 0.3) is 0 Å². The van der Waals surface area contributed by atoms with Crippen molar-refractivity contribution < 1.29 is 10.3 Å². The quantitative estimate of drug-likeness (QED) is 0.607. The predicted octanol–water partition coefficient (Wildman–Crippen LogP) is 2.75. The minimum atomic E-state index is 0. The summed E-state index contributed by atoms with van der Waals surface area (Å²) < 4.78 is 0. The van der Waals surface area contributed by atoms with Crippen molar-refractivity contribution in [2.45, 2.75) is 59.8 Å². The first-order valence-corrected chi connectivity index (χ1v) is 4.62. The lowest BCUT2D eigenvalue weighted by molar-refractivity contribution is -0.114. The maximum Gasteiger partial charge on any atom is 0.126 e. The van der Waals surface area contributed by atoms with Crippen molar-refractivity contribution in [1.29, 1.82) is 0 Å². The van der Waals surface area contributed by atoms with Gasteiger partial charge in [-0.3, -0.25) is 0 Å². The summed E-state index contributed by atoms with van der Waals surface area (Å²) in [6.45, 7) is 7.55. The third kappa shape index (κ3) is 54.4. The minimum Gasteiger partial charge on any atom is -0.412 e. The third-order valence-corrected chi connectivity index (χ3v) is 1.21. The lowest BCUT2D eigenvalue weighted by Crippen LogP contribution is -1.70. The molecular weight excluding hydrogens is 152 g/mol. The van der Waals surface area contributed by atoms with Gasteiger partial charge in [0.05, 0.1) is 0 Å². The molecule has 0 saturated carbocycles. The van der Waals surface area contributed by atoms with Crippen molar-refractivity contribution in [1.82, 2.24) is 0 Å². The van der Waals surface area contributed by atoms with E-state index in [2.05, 4.69) is 13.8 Å². The summed E-state index contributed by atoms with van der Waals surface area (Å²) in [6, 6.07) is 0. The number of carbonyl (C=O) groups is 1. The van der Waals surface area contributed by atoms with Gasteiger partial charge in [-0.25, -0.2) is 0 Å². The standard InChI is InChI=1S/C7H16.C3H6O.H2O/c1-3-5-7-6-4-2;1-3(2)4;/h3-7H2,1-2H3;1-2H3;1H2. The van der Waals surface area contributed by atoms with Crippen LogP contribution in [0, 0.1) is 0 Å². The Labute approximate surface area is 76.7 Å². The zero-order chi connectivity index (χ0) is 9.11. The second kappa shape index (κ2) is 16.9. The molecule has 2 N–H and O–H groups in total. The van der Waals surface area contributed by atoms with Gasteiger partial charge in [-0.1, -0.05) is 46.0 Å². The second-order valence-corrected chi connectivity index (χ2v) is 2.97. The van der Waals surface area contributed by atoms with Crippen LogP contribution in [-0.2, 0) is 4.79 Å². The molecule has 0 aliphatic heterocycles. The molecule has 0 unspecified atom stereocenters. The Morgan fingerprint density at radius 2 is 1.17 bits per heavy atom. The molecule has 0 fully saturated rings. The van der Waals surface area contributed by atoms with E-state index in [-0.39, 0.29) is 11.3 Å². The Hall–Kier alpha value is -0.370. The van der Waals surface area contributed by atoms with Crippen molar-refractivity contribution >= 4 is 5.78 Å². The highest BCUT2D eigenvalue weighted by Gasteiger charge is 1.80.